The second-order valence-electron chi connectivity index (χ2n) is 3.43. The summed E-state index contributed by atoms with van der Waals surface area (Å²) in [6.45, 7) is 1.18. The molecule has 0 N–H and O–H groups in total. The molecule has 1 heterocycles. The van der Waals surface area contributed by atoms with Gasteiger partial charge in [0.15, 0.2) is 12.0 Å². The second kappa shape index (κ2) is 5.43. The first-order valence-corrected chi connectivity index (χ1v) is 5.20. The highest BCUT2D eigenvalue weighted by Crippen LogP contribution is 2.23. The van der Waals surface area contributed by atoms with Crippen molar-refractivity contribution in [1.29, 1.82) is 5.26 Å². The molecular weight excluding hydrogens is 220 g/mol. The van der Waals surface area contributed by atoms with Gasteiger partial charge < -0.3 is 14.3 Å². The summed E-state index contributed by atoms with van der Waals surface area (Å²) in [5.41, 5.74) is 1.79. The van der Waals surface area contributed by atoms with E-state index in [4.69, 9.17) is 14.7 Å². The molecule has 1 aliphatic rings. The van der Waals surface area contributed by atoms with Crippen molar-refractivity contribution in [1.82, 2.24) is 0 Å². The molecule has 0 aromatic heterocycles. The maximum absolute atomic E-state index is 8.94. The second-order valence-corrected chi connectivity index (χ2v) is 3.43. The van der Waals surface area contributed by atoms with Gasteiger partial charge in [-0.1, -0.05) is 23.4 Å². The van der Waals surface area contributed by atoms with Crippen LogP contribution in [0, 0.1) is 11.3 Å². The van der Waals surface area contributed by atoms with Crippen molar-refractivity contribution in [3.63, 3.8) is 0 Å². The van der Waals surface area contributed by atoms with Gasteiger partial charge in [0.1, 0.15) is 13.2 Å². The van der Waals surface area contributed by atoms with Crippen LogP contribution in [0.25, 0.3) is 0 Å². The van der Waals surface area contributed by atoms with Gasteiger partial charge in [-0.15, -0.1) is 0 Å². The quantitative estimate of drug-likeness (QED) is 0.586. The first kappa shape index (κ1) is 11.6. The Morgan fingerprint density at radius 1 is 1.47 bits per heavy atom. The zero-order chi connectivity index (χ0) is 12.1. The van der Waals surface area contributed by atoms with Crippen LogP contribution in [0.1, 0.15) is 17.4 Å². The van der Waals surface area contributed by atoms with E-state index in [2.05, 4.69) is 9.99 Å². The van der Waals surface area contributed by atoms with Crippen LogP contribution < -0.4 is 0 Å². The van der Waals surface area contributed by atoms with E-state index in [9.17, 15) is 0 Å². The van der Waals surface area contributed by atoms with Gasteiger partial charge in [0.25, 0.3) is 0 Å². The molecule has 88 valence electrons. The van der Waals surface area contributed by atoms with Gasteiger partial charge >= 0.3 is 0 Å². The molecule has 1 aliphatic heterocycles. The Morgan fingerprint density at radius 3 is 2.88 bits per heavy atom. The predicted molar refractivity (Wildman–Crippen MR) is 60.2 cm³/mol. The normalized spacial score (nSPS) is 16.8. The molecule has 0 saturated carbocycles. The number of hydrogen-bond donors (Lipinski definition) is 0. The van der Waals surface area contributed by atoms with Crippen molar-refractivity contribution in [2.24, 2.45) is 5.16 Å². The minimum atomic E-state index is -0.350. The van der Waals surface area contributed by atoms with Crippen LogP contribution in [0.2, 0.25) is 0 Å². The molecular formula is C12H12N2O3. The smallest absolute Gasteiger partial charge is 0.186 e. The Labute approximate surface area is 99.2 Å². The standard InChI is InChI=1S/C12H12N2O3/c1-15-14-11(8-13)9-3-2-4-10(7-9)12-16-5-6-17-12/h2-4,7,12H,5-6H2,1H3. The third kappa shape index (κ3) is 2.61. The van der Waals surface area contributed by atoms with E-state index in [1.54, 1.807) is 6.07 Å². The molecule has 1 fully saturated rings. The monoisotopic (exact) mass is 232 g/mol. The van der Waals surface area contributed by atoms with Crippen molar-refractivity contribution >= 4 is 5.71 Å². The molecule has 0 atom stereocenters. The molecule has 17 heavy (non-hydrogen) atoms. The molecule has 0 aliphatic carbocycles. The molecule has 1 aromatic carbocycles. The lowest BCUT2D eigenvalue weighted by atomic mass is 10.1. The largest absolute Gasteiger partial charge is 0.398 e. The maximum atomic E-state index is 8.94. The molecule has 0 radical (unpaired) electrons. The van der Waals surface area contributed by atoms with Gasteiger partial charge in [0, 0.05) is 11.1 Å². The highest BCUT2D eigenvalue weighted by Gasteiger charge is 2.18. The summed E-state index contributed by atoms with van der Waals surface area (Å²) in [5, 5.41) is 12.6. The minimum Gasteiger partial charge on any atom is -0.398 e. The van der Waals surface area contributed by atoms with E-state index in [0.717, 1.165) is 5.56 Å². The number of nitriles is 1. The third-order valence-corrected chi connectivity index (χ3v) is 2.34. The summed E-state index contributed by atoms with van der Waals surface area (Å²) in [6.07, 6.45) is -0.350. The predicted octanol–water partition coefficient (Wildman–Crippen LogP) is 1.61. The Kier molecular flexibility index (Phi) is 3.70. The van der Waals surface area contributed by atoms with Crippen molar-refractivity contribution < 1.29 is 14.3 Å². The lowest BCUT2D eigenvalue weighted by molar-refractivity contribution is -0.0441. The van der Waals surface area contributed by atoms with Crippen LogP contribution in [-0.2, 0) is 14.3 Å². The van der Waals surface area contributed by atoms with E-state index in [1.807, 2.05) is 24.3 Å². The Morgan fingerprint density at radius 2 is 2.24 bits per heavy atom. The fraction of sp³-hybridized carbons (Fsp3) is 0.333. The summed E-state index contributed by atoms with van der Waals surface area (Å²) in [7, 11) is 1.41. The van der Waals surface area contributed by atoms with E-state index in [1.165, 1.54) is 7.11 Å². The molecule has 0 bridgehead atoms. The Bertz CT molecular complexity index is 459. The molecule has 1 saturated heterocycles. The van der Waals surface area contributed by atoms with Crippen molar-refractivity contribution in [3.8, 4) is 6.07 Å². The van der Waals surface area contributed by atoms with Gasteiger partial charge in [-0.25, -0.2) is 0 Å². The van der Waals surface area contributed by atoms with Crippen LogP contribution >= 0.6 is 0 Å². The van der Waals surface area contributed by atoms with Gasteiger partial charge in [-0.3, -0.25) is 0 Å². The lowest BCUT2D eigenvalue weighted by Gasteiger charge is -2.09. The van der Waals surface area contributed by atoms with E-state index >= 15 is 0 Å². The van der Waals surface area contributed by atoms with Crippen molar-refractivity contribution in [3.05, 3.63) is 35.4 Å². The Hall–Kier alpha value is -1.90. The highest BCUT2D eigenvalue weighted by atomic mass is 16.7. The average Bonchev–Trinajstić information content (AvgIpc) is 2.90. The molecule has 0 spiro atoms. The number of rotatable bonds is 3. The van der Waals surface area contributed by atoms with Crippen LogP contribution in [-0.4, -0.2) is 26.0 Å². The molecule has 0 amide bonds. The maximum Gasteiger partial charge on any atom is 0.186 e. The van der Waals surface area contributed by atoms with E-state index < -0.39 is 0 Å². The van der Waals surface area contributed by atoms with Gasteiger partial charge in [-0.2, -0.15) is 5.26 Å². The van der Waals surface area contributed by atoms with Crippen LogP contribution in [0.3, 0.4) is 0 Å². The lowest BCUT2D eigenvalue weighted by Crippen LogP contribution is -2.02. The third-order valence-electron chi connectivity index (χ3n) is 2.34. The fourth-order valence-corrected chi connectivity index (χ4v) is 1.61. The molecule has 2 rings (SSSR count). The fourth-order valence-electron chi connectivity index (χ4n) is 1.61. The summed E-state index contributed by atoms with van der Waals surface area (Å²) in [4.78, 5) is 4.62. The van der Waals surface area contributed by atoms with Crippen molar-refractivity contribution in [2.75, 3.05) is 20.3 Å². The van der Waals surface area contributed by atoms with E-state index in [-0.39, 0.29) is 12.0 Å². The zero-order valence-electron chi connectivity index (χ0n) is 9.42. The number of oxime groups is 1. The van der Waals surface area contributed by atoms with Gasteiger partial charge in [0.05, 0.1) is 13.2 Å². The number of nitrogens with zero attached hydrogens (tertiary/aromatic N) is 2. The SMILES string of the molecule is CON=C(C#N)c1cccc(C2OCCO2)c1. The summed E-state index contributed by atoms with van der Waals surface area (Å²) < 4.78 is 10.8. The minimum absolute atomic E-state index is 0.229. The number of hydrogen-bond acceptors (Lipinski definition) is 5. The Balaban J connectivity index is 2.27. The zero-order valence-corrected chi connectivity index (χ0v) is 9.42. The van der Waals surface area contributed by atoms with Crippen molar-refractivity contribution in [2.45, 2.75) is 6.29 Å². The van der Waals surface area contributed by atoms with Crippen LogP contribution in [0.15, 0.2) is 29.4 Å². The number of benzene rings is 1. The summed E-state index contributed by atoms with van der Waals surface area (Å²) in [5.74, 6) is 0. The van der Waals surface area contributed by atoms with Gasteiger partial charge in [-0.05, 0) is 6.07 Å². The van der Waals surface area contributed by atoms with Gasteiger partial charge in [0.2, 0.25) is 0 Å². The van der Waals surface area contributed by atoms with Crippen LogP contribution in [0.5, 0.6) is 0 Å². The summed E-state index contributed by atoms with van der Waals surface area (Å²) in [6, 6.07) is 9.31. The molecule has 1 aromatic rings. The molecule has 0 unspecified atom stereocenters. The first-order chi connectivity index (χ1) is 8.35. The molecule has 5 heteroatoms. The molecule has 5 nitrogen and oxygen atoms in total. The number of ether oxygens (including phenoxy) is 2. The summed E-state index contributed by atoms with van der Waals surface area (Å²) >= 11 is 0. The highest BCUT2D eigenvalue weighted by molar-refractivity contribution is 6.11. The first-order valence-electron chi connectivity index (χ1n) is 5.20. The van der Waals surface area contributed by atoms with Crippen LogP contribution in [0.4, 0.5) is 0 Å². The van der Waals surface area contributed by atoms with E-state index in [0.29, 0.717) is 18.8 Å². The topological polar surface area (TPSA) is 63.8 Å². The average molecular weight is 232 g/mol.